The van der Waals surface area contributed by atoms with Gasteiger partial charge in [0, 0.05) is 22.1 Å². The van der Waals surface area contributed by atoms with Crippen molar-refractivity contribution in [2.45, 2.75) is 5.41 Å². The van der Waals surface area contributed by atoms with E-state index in [4.69, 9.17) is 11.6 Å². The van der Waals surface area contributed by atoms with Crippen molar-refractivity contribution < 1.29 is 0 Å². The number of hydrogen-bond acceptors (Lipinski definition) is 1. The van der Waals surface area contributed by atoms with Crippen molar-refractivity contribution in [3.05, 3.63) is 221 Å². The summed E-state index contributed by atoms with van der Waals surface area (Å²) in [6, 6.07) is 69.8. The molecule has 0 unspecified atom stereocenters. The summed E-state index contributed by atoms with van der Waals surface area (Å²) in [5.41, 5.74) is 12.5. The maximum Gasteiger partial charge on any atom is 0.0719 e. The smallest absolute Gasteiger partial charge is 0.0719 e. The van der Waals surface area contributed by atoms with Crippen LogP contribution in [0.3, 0.4) is 0 Å². The molecule has 49 heavy (non-hydrogen) atoms. The second-order valence-corrected chi connectivity index (χ2v) is 13.1. The summed E-state index contributed by atoms with van der Waals surface area (Å²) in [6.45, 7) is 0. The Kier molecular flexibility index (Phi) is 7.15. The van der Waals surface area contributed by atoms with E-state index in [0.29, 0.717) is 5.02 Å². The number of benzene rings is 8. The first-order chi connectivity index (χ1) is 24.2. The number of anilines is 3. The van der Waals surface area contributed by atoms with E-state index in [1.165, 1.54) is 44.2 Å². The Morgan fingerprint density at radius 3 is 1.59 bits per heavy atom. The molecule has 0 saturated heterocycles. The molecule has 1 nitrogen and oxygen atoms in total. The molecule has 0 heterocycles. The largest absolute Gasteiger partial charge is 0.310 e. The van der Waals surface area contributed by atoms with E-state index >= 15 is 0 Å². The van der Waals surface area contributed by atoms with Crippen LogP contribution in [0.5, 0.6) is 0 Å². The molecule has 2 heteroatoms. The molecule has 0 atom stereocenters. The third kappa shape index (κ3) is 4.78. The topological polar surface area (TPSA) is 3.24 Å². The fourth-order valence-electron chi connectivity index (χ4n) is 7.92. The predicted molar refractivity (Wildman–Crippen MR) is 206 cm³/mol. The van der Waals surface area contributed by atoms with Crippen LogP contribution >= 0.6 is 11.6 Å². The first-order valence-corrected chi connectivity index (χ1v) is 17.1. The molecular weight excluding hydrogens is 614 g/mol. The van der Waals surface area contributed by atoms with Gasteiger partial charge in [0.25, 0.3) is 0 Å². The van der Waals surface area contributed by atoms with E-state index < -0.39 is 5.41 Å². The lowest BCUT2D eigenvalue weighted by molar-refractivity contribution is 0.776. The van der Waals surface area contributed by atoms with Crippen LogP contribution in [0.15, 0.2) is 194 Å². The molecule has 8 aromatic rings. The summed E-state index contributed by atoms with van der Waals surface area (Å²) in [5, 5.41) is 3.21. The lowest BCUT2D eigenvalue weighted by Crippen LogP contribution is -2.28. The van der Waals surface area contributed by atoms with Crippen LogP contribution in [0.4, 0.5) is 17.1 Å². The fraction of sp³-hybridized carbons (Fsp3) is 0.0213. The first kappa shape index (κ1) is 29.3. The summed E-state index contributed by atoms with van der Waals surface area (Å²) in [7, 11) is 0. The number of nitrogens with zero attached hydrogens (tertiary/aromatic N) is 1. The molecule has 0 fully saturated rings. The highest BCUT2D eigenvalue weighted by atomic mass is 35.5. The van der Waals surface area contributed by atoms with Gasteiger partial charge in [-0.3, -0.25) is 0 Å². The Hall–Kier alpha value is -5.89. The zero-order valence-electron chi connectivity index (χ0n) is 26.8. The Morgan fingerprint density at radius 2 is 0.959 bits per heavy atom. The average molecular weight is 646 g/mol. The Morgan fingerprint density at radius 1 is 0.408 bits per heavy atom. The number of hydrogen-bond donors (Lipinski definition) is 0. The maximum atomic E-state index is 7.00. The zero-order valence-corrected chi connectivity index (χ0v) is 27.6. The summed E-state index contributed by atoms with van der Waals surface area (Å²) in [5.74, 6) is 0. The number of halogens is 1. The number of fused-ring (bicyclic) bond motifs is 5. The summed E-state index contributed by atoms with van der Waals surface area (Å²) < 4.78 is 0. The molecule has 0 saturated carbocycles. The number of para-hydroxylation sites is 2. The van der Waals surface area contributed by atoms with Crippen molar-refractivity contribution in [3.63, 3.8) is 0 Å². The standard InChI is InChI=1S/C47H32ClN/c48-38-29-35(30-41(32-38)49(39-20-9-3-10-21-39)40-22-11-4-12-23-40)34-26-27-43-44-28-25-33-15-13-14-24-42(33)46(44)47(45(43)31-34,36-16-5-1-6-17-36)37-18-7-2-8-19-37/h1-32H. The van der Waals surface area contributed by atoms with E-state index in [1.54, 1.807) is 0 Å². The van der Waals surface area contributed by atoms with Crippen LogP contribution in [0.25, 0.3) is 33.0 Å². The van der Waals surface area contributed by atoms with Crippen LogP contribution in [-0.4, -0.2) is 0 Å². The van der Waals surface area contributed by atoms with Gasteiger partial charge in [0.1, 0.15) is 0 Å². The SMILES string of the molecule is Clc1cc(-c2ccc3c(c2)C(c2ccccc2)(c2ccccc2)c2c-3ccc3ccccc23)cc(N(c2ccccc2)c2ccccc2)c1. The van der Waals surface area contributed by atoms with Gasteiger partial charge in [-0.2, -0.15) is 0 Å². The highest BCUT2D eigenvalue weighted by Gasteiger charge is 2.47. The quantitative estimate of drug-likeness (QED) is 0.174. The Bertz CT molecular complexity index is 2360. The minimum atomic E-state index is -0.522. The number of rotatable bonds is 6. The van der Waals surface area contributed by atoms with Crippen molar-refractivity contribution >= 4 is 39.4 Å². The molecule has 1 aliphatic rings. The summed E-state index contributed by atoms with van der Waals surface area (Å²) in [4.78, 5) is 2.27. The maximum absolute atomic E-state index is 7.00. The molecule has 8 aromatic carbocycles. The molecule has 0 amide bonds. The molecule has 0 aromatic heterocycles. The molecule has 1 aliphatic carbocycles. The van der Waals surface area contributed by atoms with E-state index in [0.717, 1.165) is 28.2 Å². The van der Waals surface area contributed by atoms with Crippen molar-refractivity contribution in [2.75, 3.05) is 4.90 Å². The molecule has 0 radical (unpaired) electrons. The zero-order chi connectivity index (χ0) is 32.8. The molecule has 232 valence electrons. The van der Waals surface area contributed by atoms with Gasteiger partial charge in [-0.05, 0) is 104 Å². The van der Waals surface area contributed by atoms with Crippen LogP contribution in [0.2, 0.25) is 5.02 Å². The summed E-state index contributed by atoms with van der Waals surface area (Å²) in [6.07, 6.45) is 0. The van der Waals surface area contributed by atoms with Crippen molar-refractivity contribution in [2.24, 2.45) is 0 Å². The fourth-order valence-corrected chi connectivity index (χ4v) is 8.15. The molecule has 0 N–H and O–H groups in total. The lowest BCUT2D eigenvalue weighted by atomic mass is 9.66. The second-order valence-electron chi connectivity index (χ2n) is 12.7. The van der Waals surface area contributed by atoms with Gasteiger partial charge in [-0.25, -0.2) is 0 Å². The third-order valence-corrected chi connectivity index (χ3v) is 10.2. The van der Waals surface area contributed by atoms with Crippen LogP contribution in [0.1, 0.15) is 22.3 Å². The molecule has 0 spiro atoms. The van der Waals surface area contributed by atoms with Gasteiger partial charge >= 0.3 is 0 Å². The van der Waals surface area contributed by atoms with E-state index in [9.17, 15) is 0 Å². The van der Waals surface area contributed by atoms with E-state index in [2.05, 4.69) is 187 Å². The lowest BCUT2D eigenvalue weighted by Gasteiger charge is -2.35. The van der Waals surface area contributed by atoms with Crippen molar-refractivity contribution in [1.82, 2.24) is 0 Å². The van der Waals surface area contributed by atoms with Gasteiger partial charge in [-0.15, -0.1) is 0 Å². The molecular formula is C47H32ClN. The Labute approximate surface area is 292 Å². The molecule has 0 aliphatic heterocycles. The second kappa shape index (κ2) is 12.0. The van der Waals surface area contributed by atoms with Crippen molar-refractivity contribution in [1.29, 1.82) is 0 Å². The first-order valence-electron chi connectivity index (χ1n) is 16.7. The highest BCUT2D eigenvalue weighted by Crippen LogP contribution is 2.58. The van der Waals surface area contributed by atoms with Gasteiger partial charge in [0.15, 0.2) is 0 Å². The Balaban J connectivity index is 1.31. The highest BCUT2D eigenvalue weighted by molar-refractivity contribution is 6.31. The summed E-state index contributed by atoms with van der Waals surface area (Å²) >= 11 is 7.00. The van der Waals surface area contributed by atoms with Crippen LogP contribution in [-0.2, 0) is 5.41 Å². The van der Waals surface area contributed by atoms with Gasteiger partial charge in [0.05, 0.1) is 5.41 Å². The van der Waals surface area contributed by atoms with Gasteiger partial charge in [-0.1, -0.05) is 157 Å². The van der Waals surface area contributed by atoms with Gasteiger partial charge in [0.2, 0.25) is 0 Å². The minimum Gasteiger partial charge on any atom is -0.310 e. The molecule has 0 bridgehead atoms. The average Bonchev–Trinajstić information content (AvgIpc) is 3.47. The monoisotopic (exact) mass is 645 g/mol. The van der Waals surface area contributed by atoms with Crippen molar-refractivity contribution in [3.8, 4) is 22.3 Å². The van der Waals surface area contributed by atoms with Crippen LogP contribution < -0.4 is 4.90 Å². The van der Waals surface area contributed by atoms with Gasteiger partial charge < -0.3 is 4.90 Å². The third-order valence-electron chi connectivity index (χ3n) is 9.93. The minimum absolute atomic E-state index is 0.522. The molecule has 9 rings (SSSR count). The van der Waals surface area contributed by atoms with E-state index in [1.807, 2.05) is 12.1 Å². The van der Waals surface area contributed by atoms with Crippen LogP contribution in [0, 0.1) is 0 Å². The normalized spacial score (nSPS) is 12.8. The predicted octanol–water partition coefficient (Wildman–Crippen LogP) is 13.0. The van der Waals surface area contributed by atoms with E-state index in [-0.39, 0.29) is 0 Å².